The minimum atomic E-state index is -0.748. The molecule has 2 aromatic rings. The molecule has 144 valence electrons. The van der Waals surface area contributed by atoms with Crippen LogP contribution in [0.4, 0.5) is 4.79 Å². The molecule has 9 heteroatoms. The Hall–Kier alpha value is -2.06. The number of halogens is 1. The molecule has 2 rings (SSSR count). The average molecular weight is 416 g/mol. The van der Waals surface area contributed by atoms with Crippen LogP contribution in [0.3, 0.4) is 0 Å². The van der Waals surface area contributed by atoms with Crippen molar-refractivity contribution in [3.63, 3.8) is 0 Å². The summed E-state index contributed by atoms with van der Waals surface area (Å²) in [6, 6.07) is 14.8. The predicted octanol–water partition coefficient (Wildman–Crippen LogP) is 2.92. The van der Waals surface area contributed by atoms with E-state index in [1.807, 2.05) is 0 Å². The van der Waals surface area contributed by atoms with Gasteiger partial charge in [-0.1, -0.05) is 29.8 Å². The van der Waals surface area contributed by atoms with Crippen LogP contribution in [-0.4, -0.2) is 60.9 Å². The molecular weight excluding hydrogens is 397 g/mol. The van der Waals surface area contributed by atoms with Gasteiger partial charge in [-0.3, -0.25) is 4.79 Å². The molecule has 0 aliphatic heterocycles. The van der Waals surface area contributed by atoms with E-state index >= 15 is 0 Å². The number of benzene rings is 2. The number of amides is 1. The summed E-state index contributed by atoms with van der Waals surface area (Å²) in [5.41, 5.74) is 0.362. The second-order valence-electron chi connectivity index (χ2n) is 5.31. The van der Waals surface area contributed by atoms with Crippen molar-refractivity contribution >= 4 is 59.2 Å². The van der Waals surface area contributed by atoms with E-state index < -0.39 is 24.8 Å². The first-order chi connectivity index (χ1) is 13.0. The quantitative estimate of drug-likeness (QED) is 0.234. The summed E-state index contributed by atoms with van der Waals surface area (Å²) in [5.74, 6) is -0.616. The first-order valence-electron chi connectivity index (χ1n) is 8.13. The molecule has 0 spiro atoms. The summed E-state index contributed by atoms with van der Waals surface area (Å²) in [6.45, 7) is -0.292. The molecule has 7 nitrogen and oxygen atoms in total. The summed E-state index contributed by atoms with van der Waals surface area (Å²) in [6.07, 6.45) is -0.265. The maximum absolute atomic E-state index is 11.7. The van der Waals surface area contributed by atoms with Gasteiger partial charge in [0.25, 0.3) is 0 Å². The third kappa shape index (κ3) is 9.23. The molecule has 2 aromatic carbocycles. The second-order valence-corrected chi connectivity index (χ2v) is 5.74. The van der Waals surface area contributed by atoms with Crippen LogP contribution in [-0.2, 0) is 14.3 Å². The van der Waals surface area contributed by atoms with E-state index in [9.17, 15) is 14.4 Å². The van der Waals surface area contributed by atoms with Crippen LogP contribution in [0.5, 0.6) is 5.75 Å². The Morgan fingerprint density at radius 1 is 0.929 bits per heavy atom. The molecule has 0 aromatic heterocycles. The molecule has 1 amide bonds. The van der Waals surface area contributed by atoms with Crippen LogP contribution in [0, 0.1) is 0 Å². The van der Waals surface area contributed by atoms with Gasteiger partial charge in [0.1, 0.15) is 5.75 Å². The normalized spacial score (nSPS) is 9.61. The molecule has 1 N–H and O–H groups in total. The number of ether oxygens (including phenoxy) is 3. The van der Waals surface area contributed by atoms with E-state index in [0.717, 1.165) is 0 Å². The van der Waals surface area contributed by atoms with Gasteiger partial charge in [-0.15, -0.1) is 0 Å². The molecule has 0 fully saturated rings. The summed E-state index contributed by atoms with van der Waals surface area (Å²) in [4.78, 5) is 34.8. The summed E-state index contributed by atoms with van der Waals surface area (Å²) < 4.78 is 14.6. The van der Waals surface area contributed by atoms with Crippen LogP contribution in [0.1, 0.15) is 23.2 Å². The monoisotopic (exact) mass is 415 g/mol. The Labute approximate surface area is 189 Å². The van der Waals surface area contributed by atoms with Crippen molar-refractivity contribution in [2.75, 3.05) is 13.3 Å². The number of esters is 2. The molecule has 0 aliphatic rings. The van der Waals surface area contributed by atoms with Gasteiger partial charge >= 0.3 is 47.6 Å². The van der Waals surface area contributed by atoms with Gasteiger partial charge in [-0.25, -0.2) is 9.59 Å². The molecule has 0 unspecified atom stereocenters. The van der Waals surface area contributed by atoms with Gasteiger partial charge in [0.2, 0.25) is 6.79 Å². The molecular formula is C19H19ClNNaO6. The van der Waals surface area contributed by atoms with Crippen LogP contribution in [0.25, 0.3) is 0 Å². The minimum absolute atomic E-state index is 0. The van der Waals surface area contributed by atoms with E-state index in [0.29, 0.717) is 22.8 Å². The zero-order chi connectivity index (χ0) is 19.5. The van der Waals surface area contributed by atoms with Crippen LogP contribution >= 0.6 is 11.6 Å². The van der Waals surface area contributed by atoms with Gasteiger partial charge in [0, 0.05) is 18.0 Å². The van der Waals surface area contributed by atoms with E-state index in [1.54, 1.807) is 54.6 Å². The van der Waals surface area contributed by atoms with Crippen LogP contribution in [0.15, 0.2) is 54.6 Å². The molecule has 28 heavy (non-hydrogen) atoms. The number of alkyl carbamates (subject to hydrolysis) is 1. The number of hydrogen-bond acceptors (Lipinski definition) is 6. The van der Waals surface area contributed by atoms with Crippen molar-refractivity contribution in [2.45, 2.75) is 12.8 Å². The molecule has 0 bridgehead atoms. The average Bonchev–Trinajstić information content (AvgIpc) is 2.67. The summed E-state index contributed by atoms with van der Waals surface area (Å²) >= 11 is 5.74. The van der Waals surface area contributed by atoms with Crippen LogP contribution < -0.4 is 10.1 Å². The second kappa shape index (κ2) is 13.2. The Morgan fingerprint density at radius 3 is 2.29 bits per heavy atom. The predicted molar refractivity (Wildman–Crippen MR) is 105 cm³/mol. The van der Waals surface area contributed by atoms with Crippen molar-refractivity contribution < 1.29 is 28.6 Å². The third-order valence-electron chi connectivity index (χ3n) is 3.26. The zero-order valence-electron chi connectivity index (χ0n) is 14.4. The van der Waals surface area contributed by atoms with Gasteiger partial charge in [-0.05, 0) is 42.8 Å². The summed E-state index contributed by atoms with van der Waals surface area (Å²) in [5, 5.41) is 2.99. The molecule has 0 saturated carbocycles. The standard InChI is InChI=1S/C19H18ClNO6.Na.H/c20-15-8-10-16(11-9-15)27-17(22)7-4-12-21-19(24)26-13-25-18(23)14-5-2-1-3-6-14;;/h1-3,5-6,8-11H,4,7,12-13H2,(H,21,24);;. The Morgan fingerprint density at radius 2 is 1.61 bits per heavy atom. The SMILES string of the molecule is O=C(CCCNC(=O)OCOC(=O)c1ccccc1)Oc1ccc(Cl)cc1.[NaH]. The zero-order valence-corrected chi connectivity index (χ0v) is 15.1. The number of rotatable bonds is 8. The molecule has 0 radical (unpaired) electrons. The van der Waals surface area contributed by atoms with E-state index in [-0.39, 0.29) is 42.5 Å². The Balaban J connectivity index is 0.00000392. The Kier molecular flexibility index (Phi) is 11.3. The van der Waals surface area contributed by atoms with Gasteiger partial charge in [0.05, 0.1) is 5.56 Å². The van der Waals surface area contributed by atoms with Crippen molar-refractivity contribution in [1.29, 1.82) is 0 Å². The van der Waals surface area contributed by atoms with E-state index in [2.05, 4.69) is 5.32 Å². The molecule has 0 aliphatic carbocycles. The molecule has 0 atom stereocenters. The topological polar surface area (TPSA) is 90.9 Å². The third-order valence-corrected chi connectivity index (χ3v) is 3.51. The van der Waals surface area contributed by atoms with Gasteiger partial charge in [0.15, 0.2) is 0 Å². The fourth-order valence-electron chi connectivity index (χ4n) is 1.95. The first kappa shape index (κ1) is 24.0. The van der Waals surface area contributed by atoms with Crippen molar-refractivity contribution in [3.05, 3.63) is 65.2 Å². The first-order valence-corrected chi connectivity index (χ1v) is 8.51. The maximum atomic E-state index is 11.7. The van der Waals surface area contributed by atoms with E-state index in [1.165, 1.54) is 0 Å². The van der Waals surface area contributed by atoms with Crippen molar-refractivity contribution in [3.8, 4) is 5.75 Å². The van der Waals surface area contributed by atoms with E-state index in [4.69, 9.17) is 25.8 Å². The molecule has 0 saturated heterocycles. The van der Waals surface area contributed by atoms with Crippen molar-refractivity contribution in [2.24, 2.45) is 0 Å². The Bertz CT molecular complexity index is 770. The number of carbonyl (C=O) groups excluding carboxylic acids is 3. The van der Waals surface area contributed by atoms with Crippen LogP contribution in [0.2, 0.25) is 5.02 Å². The fourth-order valence-corrected chi connectivity index (χ4v) is 2.08. The summed E-state index contributed by atoms with van der Waals surface area (Å²) in [7, 11) is 0. The van der Waals surface area contributed by atoms with Gasteiger partial charge < -0.3 is 19.5 Å². The van der Waals surface area contributed by atoms with Crippen molar-refractivity contribution in [1.82, 2.24) is 5.32 Å². The number of hydrogen-bond donors (Lipinski definition) is 1. The van der Waals surface area contributed by atoms with Gasteiger partial charge in [-0.2, -0.15) is 0 Å². The number of carbonyl (C=O) groups is 3. The number of nitrogens with one attached hydrogen (secondary N) is 1. The fraction of sp³-hybridized carbons (Fsp3) is 0.211. The molecule has 0 heterocycles.